The largest absolute Gasteiger partial charge is 0.385 e. The second-order valence-corrected chi connectivity index (χ2v) is 5.75. The van der Waals surface area contributed by atoms with Gasteiger partial charge in [-0.05, 0) is 30.2 Å². The minimum atomic E-state index is -0.195. The molecule has 1 atom stereocenters. The molecule has 0 amide bonds. The van der Waals surface area contributed by atoms with Gasteiger partial charge in [-0.1, -0.05) is 6.07 Å². The number of benzene rings is 1. The predicted octanol–water partition coefficient (Wildman–Crippen LogP) is 2.18. The first kappa shape index (κ1) is 15.3. The SMILES string of the molecule is COCCC1CNCCN1Cc1cc(F)cc2cccnc12. The Labute approximate surface area is 130 Å². The van der Waals surface area contributed by atoms with Crippen molar-refractivity contribution >= 4 is 10.9 Å². The summed E-state index contributed by atoms with van der Waals surface area (Å²) in [6.07, 6.45) is 2.74. The standard InChI is InChI=1S/C17H22FN3O/c1-22-8-4-16-11-19-6-7-21(16)12-14-10-15(18)9-13-3-2-5-20-17(13)14/h2-3,5,9-10,16,19H,4,6-8,11-12H2,1H3. The molecule has 1 aliphatic heterocycles. The molecule has 0 aliphatic carbocycles. The molecule has 4 nitrogen and oxygen atoms in total. The van der Waals surface area contributed by atoms with Gasteiger partial charge in [0.15, 0.2) is 0 Å². The normalized spacial score (nSPS) is 19.6. The molecule has 1 aromatic carbocycles. The zero-order valence-corrected chi connectivity index (χ0v) is 12.9. The molecule has 1 unspecified atom stereocenters. The van der Waals surface area contributed by atoms with Crippen molar-refractivity contribution in [2.75, 3.05) is 33.4 Å². The van der Waals surface area contributed by atoms with Crippen molar-refractivity contribution in [1.29, 1.82) is 0 Å². The van der Waals surface area contributed by atoms with Crippen LogP contribution in [-0.4, -0.2) is 49.3 Å². The monoisotopic (exact) mass is 303 g/mol. The number of methoxy groups -OCH3 is 1. The van der Waals surface area contributed by atoms with Crippen LogP contribution in [0.3, 0.4) is 0 Å². The van der Waals surface area contributed by atoms with Crippen LogP contribution >= 0.6 is 0 Å². The fourth-order valence-electron chi connectivity index (χ4n) is 3.12. The molecule has 1 N–H and O–H groups in total. The molecule has 1 fully saturated rings. The van der Waals surface area contributed by atoms with E-state index in [1.54, 1.807) is 25.4 Å². The molecular weight excluding hydrogens is 281 g/mol. The Bertz CT molecular complexity index is 634. The van der Waals surface area contributed by atoms with Gasteiger partial charge in [-0.25, -0.2) is 4.39 Å². The molecule has 5 heteroatoms. The zero-order chi connectivity index (χ0) is 15.4. The van der Waals surface area contributed by atoms with Gasteiger partial charge >= 0.3 is 0 Å². The van der Waals surface area contributed by atoms with Crippen molar-refractivity contribution in [3.05, 3.63) is 41.8 Å². The summed E-state index contributed by atoms with van der Waals surface area (Å²) < 4.78 is 19.1. The number of aromatic nitrogens is 1. The molecule has 1 aromatic heterocycles. The molecule has 22 heavy (non-hydrogen) atoms. The number of halogens is 1. The van der Waals surface area contributed by atoms with Gasteiger partial charge < -0.3 is 10.1 Å². The van der Waals surface area contributed by atoms with Crippen LogP contribution in [0.4, 0.5) is 4.39 Å². The number of nitrogens with one attached hydrogen (secondary N) is 1. The molecule has 1 aliphatic rings. The number of ether oxygens (including phenoxy) is 1. The summed E-state index contributed by atoms with van der Waals surface area (Å²) in [4.78, 5) is 6.84. The van der Waals surface area contributed by atoms with Crippen molar-refractivity contribution in [1.82, 2.24) is 15.2 Å². The maximum atomic E-state index is 13.9. The summed E-state index contributed by atoms with van der Waals surface area (Å²) in [6.45, 7) is 4.33. The first-order valence-corrected chi connectivity index (χ1v) is 7.75. The lowest BCUT2D eigenvalue weighted by molar-refractivity contribution is 0.107. The van der Waals surface area contributed by atoms with E-state index in [4.69, 9.17) is 4.74 Å². The third kappa shape index (κ3) is 3.43. The molecule has 118 valence electrons. The van der Waals surface area contributed by atoms with Crippen LogP contribution in [0.25, 0.3) is 10.9 Å². The Hall–Kier alpha value is -1.56. The average Bonchev–Trinajstić information content (AvgIpc) is 2.54. The predicted molar refractivity (Wildman–Crippen MR) is 85.3 cm³/mol. The Kier molecular flexibility index (Phi) is 4.97. The van der Waals surface area contributed by atoms with E-state index >= 15 is 0 Å². The fraction of sp³-hybridized carbons (Fsp3) is 0.471. The lowest BCUT2D eigenvalue weighted by Crippen LogP contribution is -2.51. The third-order valence-corrected chi connectivity index (χ3v) is 4.25. The molecule has 0 spiro atoms. The van der Waals surface area contributed by atoms with Gasteiger partial charge in [0.1, 0.15) is 5.82 Å². The Balaban J connectivity index is 1.84. The highest BCUT2D eigenvalue weighted by Gasteiger charge is 2.22. The second kappa shape index (κ2) is 7.13. The smallest absolute Gasteiger partial charge is 0.124 e. The molecule has 0 radical (unpaired) electrons. The van der Waals surface area contributed by atoms with Crippen LogP contribution in [0.1, 0.15) is 12.0 Å². The molecule has 2 heterocycles. The number of fused-ring (bicyclic) bond motifs is 1. The minimum Gasteiger partial charge on any atom is -0.385 e. The second-order valence-electron chi connectivity index (χ2n) is 5.75. The van der Waals surface area contributed by atoms with Gasteiger partial charge in [-0.2, -0.15) is 0 Å². The van der Waals surface area contributed by atoms with Gasteiger partial charge in [0, 0.05) is 57.5 Å². The summed E-state index contributed by atoms with van der Waals surface area (Å²) in [5.41, 5.74) is 1.85. The summed E-state index contributed by atoms with van der Waals surface area (Å²) in [5.74, 6) is -0.195. The fourth-order valence-corrected chi connectivity index (χ4v) is 3.12. The number of hydrogen-bond donors (Lipinski definition) is 1. The van der Waals surface area contributed by atoms with Gasteiger partial charge in [0.05, 0.1) is 5.52 Å². The highest BCUT2D eigenvalue weighted by molar-refractivity contribution is 5.81. The number of nitrogens with zero attached hydrogens (tertiary/aromatic N) is 2. The third-order valence-electron chi connectivity index (χ3n) is 4.25. The van der Waals surface area contributed by atoms with E-state index in [0.717, 1.165) is 55.7 Å². The summed E-state index contributed by atoms with van der Waals surface area (Å²) in [5, 5.41) is 4.28. The van der Waals surface area contributed by atoms with Crippen LogP contribution in [0.5, 0.6) is 0 Å². The number of hydrogen-bond acceptors (Lipinski definition) is 4. The van der Waals surface area contributed by atoms with Crippen LogP contribution in [-0.2, 0) is 11.3 Å². The van der Waals surface area contributed by atoms with E-state index in [1.807, 2.05) is 12.1 Å². The van der Waals surface area contributed by atoms with Crippen LogP contribution < -0.4 is 5.32 Å². The summed E-state index contributed by atoms with van der Waals surface area (Å²) >= 11 is 0. The summed E-state index contributed by atoms with van der Waals surface area (Å²) in [6, 6.07) is 7.33. The lowest BCUT2D eigenvalue weighted by atomic mass is 10.1. The van der Waals surface area contributed by atoms with E-state index in [1.165, 1.54) is 0 Å². The van der Waals surface area contributed by atoms with Crippen molar-refractivity contribution in [2.45, 2.75) is 19.0 Å². The first-order valence-electron chi connectivity index (χ1n) is 7.75. The van der Waals surface area contributed by atoms with Crippen LogP contribution in [0.2, 0.25) is 0 Å². The van der Waals surface area contributed by atoms with Crippen LogP contribution in [0.15, 0.2) is 30.5 Å². The summed E-state index contributed by atoms with van der Waals surface area (Å²) in [7, 11) is 1.73. The average molecular weight is 303 g/mol. The van der Waals surface area contributed by atoms with E-state index in [-0.39, 0.29) is 5.82 Å². The van der Waals surface area contributed by atoms with E-state index in [2.05, 4.69) is 15.2 Å². The van der Waals surface area contributed by atoms with Crippen molar-refractivity contribution in [3.8, 4) is 0 Å². The molecule has 2 aromatic rings. The van der Waals surface area contributed by atoms with Gasteiger partial charge in [-0.3, -0.25) is 9.88 Å². The molecule has 3 rings (SSSR count). The van der Waals surface area contributed by atoms with E-state index in [0.29, 0.717) is 6.04 Å². The maximum absolute atomic E-state index is 13.9. The molecular formula is C17H22FN3O. The number of pyridine rings is 1. The Morgan fingerprint density at radius 2 is 2.36 bits per heavy atom. The highest BCUT2D eigenvalue weighted by Crippen LogP contribution is 2.21. The Morgan fingerprint density at radius 1 is 1.45 bits per heavy atom. The van der Waals surface area contributed by atoms with E-state index in [9.17, 15) is 4.39 Å². The van der Waals surface area contributed by atoms with Crippen LogP contribution in [0, 0.1) is 5.82 Å². The maximum Gasteiger partial charge on any atom is 0.124 e. The highest BCUT2D eigenvalue weighted by atomic mass is 19.1. The lowest BCUT2D eigenvalue weighted by Gasteiger charge is -2.36. The molecule has 0 bridgehead atoms. The van der Waals surface area contributed by atoms with Crippen molar-refractivity contribution in [3.63, 3.8) is 0 Å². The van der Waals surface area contributed by atoms with E-state index < -0.39 is 0 Å². The molecule has 1 saturated heterocycles. The number of rotatable bonds is 5. The van der Waals surface area contributed by atoms with Gasteiger partial charge in [0.2, 0.25) is 0 Å². The zero-order valence-electron chi connectivity index (χ0n) is 12.9. The Morgan fingerprint density at radius 3 is 3.23 bits per heavy atom. The number of piperazine rings is 1. The topological polar surface area (TPSA) is 37.4 Å². The van der Waals surface area contributed by atoms with Gasteiger partial charge in [0.25, 0.3) is 0 Å². The molecule has 0 saturated carbocycles. The van der Waals surface area contributed by atoms with Gasteiger partial charge in [-0.15, -0.1) is 0 Å². The van der Waals surface area contributed by atoms with Crippen molar-refractivity contribution < 1.29 is 9.13 Å². The quantitative estimate of drug-likeness (QED) is 0.919. The minimum absolute atomic E-state index is 0.195. The van der Waals surface area contributed by atoms with Crippen molar-refractivity contribution in [2.24, 2.45) is 0 Å². The first-order chi connectivity index (χ1) is 10.8.